The molecule has 0 radical (unpaired) electrons. The average molecular weight is 216 g/mol. The SMILES string of the molecule is CNC(c1ccc(F)cc1)c1cccnc1. The molecule has 0 aliphatic heterocycles. The molecule has 82 valence electrons. The molecule has 1 atom stereocenters. The summed E-state index contributed by atoms with van der Waals surface area (Å²) >= 11 is 0. The first kappa shape index (κ1) is 10.8. The van der Waals surface area contributed by atoms with Crippen LogP contribution in [0.4, 0.5) is 4.39 Å². The predicted molar refractivity (Wildman–Crippen MR) is 61.5 cm³/mol. The lowest BCUT2D eigenvalue weighted by Crippen LogP contribution is -2.17. The fourth-order valence-corrected chi connectivity index (χ4v) is 1.73. The summed E-state index contributed by atoms with van der Waals surface area (Å²) in [6, 6.07) is 10.4. The van der Waals surface area contributed by atoms with Crippen molar-refractivity contribution in [3.63, 3.8) is 0 Å². The summed E-state index contributed by atoms with van der Waals surface area (Å²) < 4.78 is 12.8. The Balaban J connectivity index is 2.33. The van der Waals surface area contributed by atoms with Crippen molar-refractivity contribution in [3.8, 4) is 0 Å². The smallest absolute Gasteiger partial charge is 0.123 e. The maximum atomic E-state index is 12.8. The Bertz CT molecular complexity index is 439. The number of hydrogen-bond donors (Lipinski definition) is 1. The van der Waals surface area contributed by atoms with Crippen LogP contribution in [-0.4, -0.2) is 12.0 Å². The van der Waals surface area contributed by atoms with Gasteiger partial charge in [0.15, 0.2) is 0 Å². The molecule has 2 rings (SSSR count). The van der Waals surface area contributed by atoms with Crippen molar-refractivity contribution in [1.29, 1.82) is 0 Å². The van der Waals surface area contributed by atoms with Gasteiger partial charge >= 0.3 is 0 Å². The molecule has 0 aliphatic rings. The number of nitrogens with zero attached hydrogens (tertiary/aromatic N) is 1. The molecule has 16 heavy (non-hydrogen) atoms. The molecular weight excluding hydrogens is 203 g/mol. The normalized spacial score (nSPS) is 12.4. The summed E-state index contributed by atoms with van der Waals surface area (Å²) in [4.78, 5) is 4.08. The molecule has 1 unspecified atom stereocenters. The summed E-state index contributed by atoms with van der Waals surface area (Å²) in [6.45, 7) is 0. The van der Waals surface area contributed by atoms with Gasteiger partial charge in [0.05, 0.1) is 6.04 Å². The van der Waals surface area contributed by atoms with Crippen LogP contribution in [0, 0.1) is 5.82 Å². The van der Waals surface area contributed by atoms with Gasteiger partial charge in [-0.25, -0.2) is 4.39 Å². The Kier molecular flexibility index (Phi) is 3.27. The van der Waals surface area contributed by atoms with Crippen molar-refractivity contribution in [2.75, 3.05) is 7.05 Å². The molecule has 0 saturated heterocycles. The molecule has 1 aromatic heterocycles. The molecular formula is C13H13FN2. The first-order valence-electron chi connectivity index (χ1n) is 5.14. The van der Waals surface area contributed by atoms with Crippen molar-refractivity contribution in [2.24, 2.45) is 0 Å². The topological polar surface area (TPSA) is 24.9 Å². The lowest BCUT2D eigenvalue weighted by atomic mass is 10.0. The van der Waals surface area contributed by atoms with Crippen molar-refractivity contribution >= 4 is 0 Å². The minimum atomic E-state index is -0.218. The summed E-state index contributed by atoms with van der Waals surface area (Å²) in [5.74, 6) is -0.218. The highest BCUT2D eigenvalue weighted by atomic mass is 19.1. The number of nitrogens with one attached hydrogen (secondary N) is 1. The van der Waals surface area contributed by atoms with Gasteiger partial charge < -0.3 is 5.32 Å². The van der Waals surface area contributed by atoms with Gasteiger partial charge in [0.25, 0.3) is 0 Å². The van der Waals surface area contributed by atoms with E-state index in [0.717, 1.165) is 11.1 Å². The van der Waals surface area contributed by atoms with Gasteiger partial charge in [0.1, 0.15) is 5.82 Å². The monoisotopic (exact) mass is 216 g/mol. The molecule has 2 aromatic rings. The maximum absolute atomic E-state index is 12.8. The third-order valence-electron chi connectivity index (χ3n) is 2.51. The standard InChI is InChI=1S/C13H13FN2/c1-15-13(11-3-2-8-16-9-11)10-4-6-12(14)7-5-10/h2-9,13,15H,1H3. The Morgan fingerprint density at radius 1 is 1.12 bits per heavy atom. The molecule has 0 spiro atoms. The Labute approximate surface area is 94.2 Å². The quantitative estimate of drug-likeness (QED) is 0.852. The number of halogens is 1. The van der Waals surface area contributed by atoms with Gasteiger partial charge in [-0.15, -0.1) is 0 Å². The zero-order chi connectivity index (χ0) is 11.4. The highest BCUT2D eigenvalue weighted by molar-refractivity contribution is 5.29. The second-order valence-electron chi connectivity index (χ2n) is 3.56. The number of hydrogen-bond acceptors (Lipinski definition) is 2. The number of pyridine rings is 1. The largest absolute Gasteiger partial charge is 0.309 e. The Morgan fingerprint density at radius 3 is 2.44 bits per heavy atom. The molecule has 2 nitrogen and oxygen atoms in total. The third kappa shape index (κ3) is 2.25. The fourth-order valence-electron chi connectivity index (χ4n) is 1.73. The van der Waals surface area contributed by atoms with E-state index in [0.29, 0.717) is 0 Å². The average Bonchev–Trinajstić information content (AvgIpc) is 2.34. The first-order chi connectivity index (χ1) is 7.81. The van der Waals surface area contributed by atoms with Crippen LogP contribution < -0.4 is 5.32 Å². The van der Waals surface area contributed by atoms with Gasteiger partial charge in [-0.05, 0) is 36.4 Å². The van der Waals surface area contributed by atoms with Crippen molar-refractivity contribution in [3.05, 3.63) is 65.7 Å². The molecule has 0 fully saturated rings. The second kappa shape index (κ2) is 4.86. The molecule has 0 amide bonds. The van der Waals surface area contributed by atoms with Gasteiger partial charge in [-0.1, -0.05) is 18.2 Å². The van der Waals surface area contributed by atoms with Crippen LogP contribution in [0.25, 0.3) is 0 Å². The van der Waals surface area contributed by atoms with Gasteiger partial charge in [-0.3, -0.25) is 4.98 Å². The second-order valence-corrected chi connectivity index (χ2v) is 3.56. The van der Waals surface area contributed by atoms with E-state index in [2.05, 4.69) is 10.3 Å². The highest BCUT2D eigenvalue weighted by Crippen LogP contribution is 2.20. The minimum Gasteiger partial charge on any atom is -0.309 e. The molecule has 1 aromatic carbocycles. The molecule has 1 N–H and O–H groups in total. The predicted octanol–water partition coefficient (Wildman–Crippen LogP) is 2.53. The summed E-state index contributed by atoms with van der Waals surface area (Å²) in [5.41, 5.74) is 2.09. The lowest BCUT2D eigenvalue weighted by molar-refractivity contribution is 0.623. The summed E-state index contributed by atoms with van der Waals surface area (Å²) in [7, 11) is 1.88. The number of rotatable bonds is 3. The lowest BCUT2D eigenvalue weighted by Gasteiger charge is -2.16. The van der Waals surface area contributed by atoms with E-state index in [-0.39, 0.29) is 11.9 Å². The molecule has 0 bridgehead atoms. The van der Waals surface area contributed by atoms with Crippen LogP contribution in [0.5, 0.6) is 0 Å². The molecule has 0 saturated carbocycles. The van der Waals surface area contributed by atoms with Crippen LogP contribution >= 0.6 is 0 Å². The van der Waals surface area contributed by atoms with Gasteiger partial charge in [-0.2, -0.15) is 0 Å². The molecule has 1 heterocycles. The van der Waals surface area contributed by atoms with Gasteiger partial charge in [0.2, 0.25) is 0 Å². The number of benzene rings is 1. The number of aromatic nitrogens is 1. The maximum Gasteiger partial charge on any atom is 0.123 e. The van der Waals surface area contributed by atoms with Crippen LogP contribution in [0.15, 0.2) is 48.8 Å². The van der Waals surface area contributed by atoms with Crippen LogP contribution in [0.1, 0.15) is 17.2 Å². The van der Waals surface area contributed by atoms with Crippen molar-refractivity contribution in [2.45, 2.75) is 6.04 Å². The fraction of sp³-hybridized carbons (Fsp3) is 0.154. The Morgan fingerprint density at radius 2 is 1.88 bits per heavy atom. The van der Waals surface area contributed by atoms with E-state index in [9.17, 15) is 4.39 Å². The molecule has 0 aliphatic carbocycles. The highest BCUT2D eigenvalue weighted by Gasteiger charge is 2.11. The van der Waals surface area contributed by atoms with Crippen LogP contribution in [0.3, 0.4) is 0 Å². The Hall–Kier alpha value is -1.74. The van der Waals surface area contributed by atoms with Crippen molar-refractivity contribution < 1.29 is 4.39 Å². The zero-order valence-corrected chi connectivity index (χ0v) is 9.02. The van der Waals surface area contributed by atoms with E-state index in [1.807, 2.05) is 25.4 Å². The van der Waals surface area contributed by atoms with E-state index in [1.54, 1.807) is 18.3 Å². The first-order valence-corrected chi connectivity index (χ1v) is 5.14. The van der Waals surface area contributed by atoms with Crippen molar-refractivity contribution in [1.82, 2.24) is 10.3 Å². The van der Waals surface area contributed by atoms with Crippen LogP contribution in [-0.2, 0) is 0 Å². The van der Waals surface area contributed by atoms with Crippen LogP contribution in [0.2, 0.25) is 0 Å². The van der Waals surface area contributed by atoms with E-state index < -0.39 is 0 Å². The minimum absolute atomic E-state index is 0.0503. The zero-order valence-electron chi connectivity index (χ0n) is 9.02. The summed E-state index contributed by atoms with van der Waals surface area (Å²) in [5, 5.41) is 3.19. The molecule has 3 heteroatoms. The van der Waals surface area contributed by atoms with E-state index in [4.69, 9.17) is 0 Å². The van der Waals surface area contributed by atoms with E-state index in [1.165, 1.54) is 12.1 Å². The summed E-state index contributed by atoms with van der Waals surface area (Å²) in [6.07, 6.45) is 3.55. The third-order valence-corrected chi connectivity index (χ3v) is 2.51. The van der Waals surface area contributed by atoms with E-state index >= 15 is 0 Å². The van der Waals surface area contributed by atoms with Gasteiger partial charge in [0, 0.05) is 12.4 Å².